The zero-order valence-corrected chi connectivity index (χ0v) is 14.9. The molecule has 0 unspecified atom stereocenters. The summed E-state index contributed by atoms with van der Waals surface area (Å²) in [7, 11) is 0. The smallest absolute Gasteiger partial charge is 0.227 e. The topological polar surface area (TPSA) is 50.8 Å². The molecule has 0 aromatic heterocycles. The first kappa shape index (κ1) is 17.2. The fraction of sp³-hybridized carbons (Fsp3) is 0.381. The van der Waals surface area contributed by atoms with Crippen molar-refractivity contribution < 1.29 is 14.4 Å². The summed E-state index contributed by atoms with van der Waals surface area (Å²) in [5, 5.41) is 0. The fourth-order valence-corrected chi connectivity index (χ4v) is 3.96. The fourth-order valence-electron chi connectivity index (χ4n) is 3.96. The van der Waals surface area contributed by atoms with E-state index in [0.717, 1.165) is 17.5 Å². The number of hydrogen-bond donors (Lipinski definition) is 1. The molecule has 2 aliphatic rings. The van der Waals surface area contributed by atoms with E-state index in [4.69, 9.17) is 9.57 Å². The molecule has 0 aliphatic carbocycles. The maximum atomic E-state index is 12.9. The van der Waals surface area contributed by atoms with E-state index in [9.17, 15) is 4.79 Å². The zero-order valence-electron chi connectivity index (χ0n) is 14.9. The van der Waals surface area contributed by atoms with Crippen molar-refractivity contribution in [2.75, 3.05) is 6.61 Å². The first-order chi connectivity index (χ1) is 12.7. The minimum atomic E-state index is -0.682. The maximum Gasteiger partial charge on any atom is 0.227 e. The lowest BCUT2D eigenvalue weighted by atomic mass is 9.94. The summed E-state index contributed by atoms with van der Waals surface area (Å²) >= 11 is 0. The molecule has 2 aromatic carbocycles. The van der Waals surface area contributed by atoms with E-state index in [1.807, 2.05) is 72.5 Å². The van der Waals surface area contributed by atoms with Crippen LogP contribution in [-0.2, 0) is 26.7 Å². The number of ether oxygens (including phenoxy) is 1. The molecule has 0 radical (unpaired) electrons. The monoisotopic (exact) mass is 352 g/mol. The molecule has 2 aliphatic heterocycles. The van der Waals surface area contributed by atoms with Gasteiger partial charge in [0.2, 0.25) is 5.91 Å². The number of carbonyl (C=O) groups is 1. The minimum absolute atomic E-state index is 0.00851. The van der Waals surface area contributed by atoms with Gasteiger partial charge in [-0.25, -0.2) is 0 Å². The van der Waals surface area contributed by atoms with Crippen molar-refractivity contribution in [2.24, 2.45) is 0 Å². The van der Waals surface area contributed by atoms with Gasteiger partial charge in [-0.05, 0) is 18.9 Å². The Morgan fingerprint density at radius 2 is 1.85 bits per heavy atom. The molecular weight excluding hydrogens is 328 g/mol. The summed E-state index contributed by atoms with van der Waals surface area (Å²) in [6, 6.07) is 20.0. The average Bonchev–Trinajstić information content (AvgIpc) is 3.02. The Hall–Kier alpha value is -2.21. The molecule has 0 saturated carbocycles. The van der Waals surface area contributed by atoms with Crippen LogP contribution in [-0.4, -0.2) is 29.5 Å². The predicted molar refractivity (Wildman–Crippen MR) is 97.8 cm³/mol. The van der Waals surface area contributed by atoms with Gasteiger partial charge in [0.1, 0.15) is 0 Å². The third-order valence-corrected chi connectivity index (χ3v) is 5.27. The lowest BCUT2D eigenvalue weighted by Gasteiger charge is -2.41. The molecule has 2 fully saturated rings. The molecule has 5 nitrogen and oxygen atoms in total. The quantitative estimate of drug-likeness (QED) is 0.841. The second kappa shape index (κ2) is 7.19. The number of fused-ring (bicyclic) bond motifs is 1. The first-order valence-electron chi connectivity index (χ1n) is 9.10. The molecule has 136 valence electrons. The molecule has 0 spiro atoms. The summed E-state index contributed by atoms with van der Waals surface area (Å²) in [5.74, 6) is 0.103. The lowest BCUT2D eigenvalue weighted by Crippen LogP contribution is -2.55. The Kier molecular flexibility index (Phi) is 4.76. The summed E-state index contributed by atoms with van der Waals surface area (Å²) in [5.41, 5.74) is 4.51. The minimum Gasteiger partial charge on any atom is -0.349 e. The van der Waals surface area contributed by atoms with Crippen molar-refractivity contribution in [1.82, 2.24) is 10.4 Å². The summed E-state index contributed by atoms with van der Waals surface area (Å²) in [4.78, 5) is 20.4. The second-order valence-electron chi connectivity index (χ2n) is 7.11. The molecule has 2 aromatic rings. The molecule has 3 atom stereocenters. The van der Waals surface area contributed by atoms with E-state index in [2.05, 4.69) is 5.48 Å². The van der Waals surface area contributed by atoms with Gasteiger partial charge >= 0.3 is 0 Å². The van der Waals surface area contributed by atoms with Crippen molar-refractivity contribution in [2.45, 2.75) is 44.2 Å². The van der Waals surface area contributed by atoms with Crippen molar-refractivity contribution in [3.8, 4) is 0 Å². The maximum absolute atomic E-state index is 12.9. The zero-order chi connectivity index (χ0) is 18.0. The van der Waals surface area contributed by atoms with Crippen molar-refractivity contribution in [3.05, 3.63) is 71.8 Å². The molecule has 4 rings (SSSR count). The van der Waals surface area contributed by atoms with Gasteiger partial charge in [0.05, 0.1) is 19.3 Å². The van der Waals surface area contributed by atoms with Gasteiger partial charge in [-0.3, -0.25) is 9.63 Å². The van der Waals surface area contributed by atoms with Crippen LogP contribution in [0.1, 0.15) is 30.9 Å². The van der Waals surface area contributed by atoms with E-state index < -0.39 is 5.72 Å². The third-order valence-electron chi connectivity index (χ3n) is 5.27. The highest BCUT2D eigenvalue weighted by Crippen LogP contribution is 2.41. The van der Waals surface area contributed by atoms with Crippen LogP contribution in [0, 0.1) is 0 Å². The van der Waals surface area contributed by atoms with E-state index in [1.165, 1.54) is 0 Å². The Morgan fingerprint density at radius 3 is 2.58 bits per heavy atom. The number of hydroxylamine groups is 1. The van der Waals surface area contributed by atoms with Gasteiger partial charge in [0.25, 0.3) is 0 Å². The third kappa shape index (κ3) is 3.26. The average molecular weight is 352 g/mol. The summed E-state index contributed by atoms with van der Waals surface area (Å²) in [6.45, 7) is 3.02. The Morgan fingerprint density at radius 1 is 1.15 bits per heavy atom. The van der Waals surface area contributed by atoms with Gasteiger partial charge in [0, 0.05) is 18.0 Å². The molecule has 5 heteroatoms. The standard InChI is InChI=1S/C21H24N2O3/c1-21(17-10-6-3-7-11-17)23-19(15-25-21)12-18(13-20(23)24)22-26-14-16-8-4-2-5-9-16/h2-11,18-19,22H,12-15H2,1H3/t18-,19+,21+/m1/s1. The Labute approximate surface area is 153 Å². The van der Waals surface area contributed by atoms with Crippen LogP contribution < -0.4 is 5.48 Å². The van der Waals surface area contributed by atoms with Gasteiger partial charge in [-0.1, -0.05) is 60.7 Å². The lowest BCUT2D eigenvalue weighted by molar-refractivity contribution is -0.156. The van der Waals surface area contributed by atoms with Crippen LogP contribution in [0.25, 0.3) is 0 Å². The number of hydrogen-bond acceptors (Lipinski definition) is 4. The molecule has 26 heavy (non-hydrogen) atoms. The molecule has 0 bridgehead atoms. The molecule has 2 heterocycles. The summed E-state index contributed by atoms with van der Waals surface area (Å²) < 4.78 is 6.10. The van der Waals surface area contributed by atoms with Gasteiger partial charge in [-0.2, -0.15) is 5.48 Å². The van der Waals surface area contributed by atoms with Crippen molar-refractivity contribution in [1.29, 1.82) is 0 Å². The van der Waals surface area contributed by atoms with Gasteiger partial charge < -0.3 is 9.64 Å². The first-order valence-corrected chi connectivity index (χ1v) is 9.10. The van der Waals surface area contributed by atoms with Gasteiger partial charge in [-0.15, -0.1) is 0 Å². The van der Waals surface area contributed by atoms with Crippen LogP contribution in [0.3, 0.4) is 0 Å². The van der Waals surface area contributed by atoms with Crippen molar-refractivity contribution >= 4 is 5.91 Å². The molecule has 2 saturated heterocycles. The number of carbonyl (C=O) groups excluding carboxylic acids is 1. The molecule has 1 N–H and O–H groups in total. The number of nitrogens with one attached hydrogen (secondary N) is 1. The molecular formula is C21H24N2O3. The Balaban J connectivity index is 1.39. The summed E-state index contributed by atoms with van der Waals surface area (Å²) in [6.07, 6.45) is 1.24. The van der Waals surface area contributed by atoms with Crippen LogP contribution in [0.15, 0.2) is 60.7 Å². The van der Waals surface area contributed by atoms with E-state index in [0.29, 0.717) is 19.6 Å². The predicted octanol–water partition coefficient (Wildman–Crippen LogP) is 2.97. The van der Waals surface area contributed by atoms with Crippen LogP contribution >= 0.6 is 0 Å². The Bertz CT molecular complexity index is 752. The highest BCUT2D eigenvalue weighted by atomic mass is 16.6. The number of piperidine rings is 1. The van der Waals surface area contributed by atoms with Crippen LogP contribution in [0.5, 0.6) is 0 Å². The highest BCUT2D eigenvalue weighted by Gasteiger charge is 2.51. The van der Waals surface area contributed by atoms with Crippen LogP contribution in [0.2, 0.25) is 0 Å². The highest BCUT2D eigenvalue weighted by molar-refractivity contribution is 5.79. The number of nitrogens with zero attached hydrogens (tertiary/aromatic N) is 1. The normalized spacial score (nSPS) is 28.2. The number of amides is 1. The number of benzene rings is 2. The molecule has 1 amide bonds. The number of rotatable bonds is 5. The second-order valence-corrected chi connectivity index (χ2v) is 7.11. The van der Waals surface area contributed by atoms with Crippen LogP contribution in [0.4, 0.5) is 0 Å². The van der Waals surface area contributed by atoms with Gasteiger partial charge in [0.15, 0.2) is 5.72 Å². The van der Waals surface area contributed by atoms with E-state index in [-0.39, 0.29) is 18.0 Å². The van der Waals surface area contributed by atoms with E-state index >= 15 is 0 Å². The van der Waals surface area contributed by atoms with E-state index in [1.54, 1.807) is 0 Å². The largest absolute Gasteiger partial charge is 0.349 e. The SMILES string of the molecule is C[C@@]1(c2ccccc2)OC[C@@H]2C[C@@H](NOCc3ccccc3)CC(=O)N21. The van der Waals surface area contributed by atoms with Crippen molar-refractivity contribution in [3.63, 3.8) is 0 Å².